The molecular weight excluding hydrogens is 240 g/mol. The van der Waals surface area contributed by atoms with E-state index >= 15 is 0 Å². The molecule has 0 saturated heterocycles. The number of nitrogens with two attached hydrogens (primary N) is 1. The van der Waals surface area contributed by atoms with Gasteiger partial charge in [-0.3, -0.25) is 4.79 Å². The number of nitrogens with one attached hydrogen (secondary N) is 1. The fourth-order valence-corrected chi connectivity index (χ4v) is 1.84. The van der Waals surface area contributed by atoms with Crippen molar-refractivity contribution in [2.75, 3.05) is 5.73 Å². The van der Waals surface area contributed by atoms with Gasteiger partial charge in [-0.25, -0.2) is 9.97 Å². The number of aromatic nitrogens is 2. The van der Waals surface area contributed by atoms with Crippen molar-refractivity contribution in [2.24, 2.45) is 5.92 Å². The largest absolute Gasteiger partial charge is 0.396 e. The Hall–Kier alpha value is -1.65. The van der Waals surface area contributed by atoms with E-state index in [2.05, 4.69) is 29.1 Å². The monoisotopic (exact) mass is 264 g/mol. The Morgan fingerprint density at radius 1 is 1.37 bits per heavy atom. The summed E-state index contributed by atoms with van der Waals surface area (Å²) < 4.78 is 0. The van der Waals surface area contributed by atoms with Crippen molar-refractivity contribution >= 4 is 11.6 Å². The highest BCUT2D eigenvalue weighted by atomic mass is 16.2. The van der Waals surface area contributed by atoms with Crippen molar-refractivity contribution in [1.82, 2.24) is 15.3 Å². The van der Waals surface area contributed by atoms with Crippen LogP contribution in [0.1, 0.15) is 63.3 Å². The summed E-state index contributed by atoms with van der Waals surface area (Å²) in [5.74, 6) is 0.958. The Kier molecular flexibility index (Phi) is 5.27. The lowest BCUT2D eigenvalue weighted by Crippen LogP contribution is -2.38. The molecule has 0 bridgehead atoms. The Balaban J connectivity index is 2.95. The molecule has 0 radical (unpaired) electrons. The van der Waals surface area contributed by atoms with E-state index in [0.29, 0.717) is 17.4 Å². The molecule has 19 heavy (non-hydrogen) atoms. The minimum Gasteiger partial charge on any atom is -0.396 e. The van der Waals surface area contributed by atoms with Crippen LogP contribution in [0.25, 0.3) is 0 Å². The molecule has 1 aromatic heterocycles. The van der Waals surface area contributed by atoms with Crippen molar-refractivity contribution in [3.05, 3.63) is 17.7 Å². The standard InChI is InChI=1S/C14H24N4O/c1-6-11(8(2)3)17-14(19)12-10(15)7-16-13(18-12)9(4)5/h7-9,11H,6,15H2,1-5H3,(H,17,19). The number of carbonyl (C=O) groups is 1. The molecule has 1 aromatic rings. The van der Waals surface area contributed by atoms with Crippen LogP contribution in [-0.2, 0) is 0 Å². The lowest BCUT2D eigenvalue weighted by Gasteiger charge is -2.21. The van der Waals surface area contributed by atoms with Crippen molar-refractivity contribution in [1.29, 1.82) is 0 Å². The Morgan fingerprint density at radius 3 is 2.47 bits per heavy atom. The van der Waals surface area contributed by atoms with Crippen molar-refractivity contribution in [2.45, 2.75) is 53.0 Å². The third kappa shape index (κ3) is 3.91. The van der Waals surface area contributed by atoms with Gasteiger partial charge < -0.3 is 11.1 Å². The molecule has 1 amide bonds. The fourth-order valence-electron chi connectivity index (χ4n) is 1.84. The van der Waals surface area contributed by atoms with Crippen LogP contribution < -0.4 is 11.1 Å². The molecule has 1 heterocycles. The predicted octanol–water partition coefficient (Wildman–Crippen LogP) is 2.35. The second-order valence-electron chi connectivity index (χ2n) is 5.42. The van der Waals surface area contributed by atoms with Crippen LogP contribution in [0.5, 0.6) is 0 Å². The molecule has 0 aliphatic rings. The zero-order chi connectivity index (χ0) is 14.6. The van der Waals surface area contributed by atoms with E-state index in [9.17, 15) is 4.79 Å². The maximum absolute atomic E-state index is 12.2. The fraction of sp³-hybridized carbons (Fsp3) is 0.643. The first-order chi connectivity index (χ1) is 8.86. The molecule has 0 spiro atoms. The normalized spacial score (nSPS) is 12.8. The molecule has 0 aliphatic carbocycles. The first kappa shape index (κ1) is 15.4. The van der Waals surface area contributed by atoms with E-state index in [1.54, 1.807) is 0 Å². The van der Waals surface area contributed by atoms with E-state index in [1.807, 2.05) is 20.8 Å². The molecule has 0 fully saturated rings. The first-order valence-electron chi connectivity index (χ1n) is 6.80. The SMILES string of the molecule is CCC(NC(=O)c1nc(C(C)C)ncc1N)C(C)C. The zero-order valence-corrected chi connectivity index (χ0v) is 12.4. The van der Waals surface area contributed by atoms with Crippen LogP contribution in [0.3, 0.4) is 0 Å². The van der Waals surface area contributed by atoms with E-state index in [4.69, 9.17) is 5.73 Å². The average molecular weight is 264 g/mol. The van der Waals surface area contributed by atoms with Gasteiger partial charge in [0.05, 0.1) is 11.9 Å². The summed E-state index contributed by atoms with van der Waals surface area (Å²) >= 11 is 0. The summed E-state index contributed by atoms with van der Waals surface area (Å²) in [6.45, 7) is 10.2. The molecule has 1 unspecified atom stereocenters. The molecule has 0 saturated carbocycles. The van der Waals surface area contributed by atoms with Gasteiger partial charge in [-0.05, 0) is 12.3 Å². The topological polar surface area (TPSA) is 80.9 Å². The van der Waals surface area contributed by atoms with Crippen LogP contribution in [0.15, 0.2) is 6.20 Å². The zero-order valence-electron chi connectivity index (χ0n) is 12.4. The second kappa shape index (κ2) is 6.50. The van der Waals surface area contributed by atoms with Crippen LogP contribution in [-0.4, -0.2) is 21.9 Å². The molecular formula is C14H24N4O. The molecule has 1 atom stereocenters. The highest BCUT2D eigenvalue weighted by Crippen LogP contribution is 2.14. The molecule has 0 aromatic carbocycles. The van der Waals surface area contributed by atoms with Crippen LogP contribution >= 0.6 is 0 Å². The van der Waals surface area contributed by atoms with Gasteiger partial charge in [0.25, 0.3) is 5.91 Å². The summed E-state index contributed by atoms with van der Waals surface area (Å²) in [7, 11) is 0. The van der Waals surface area contributed by atoms with Gasteiger partial charge in [0.15, 0.2) is 5.69 Å². The highest BCUT2D eigenvalue weighted by molar-refractivity contribution is 5.97. The van der Waals surface area contributed by atoms with Gasteiger partial charge in [0.1, 0.15) is 5.82 Å². The Bertz CT molecular complexity index is 443. The van der Waals surface area contributed by atoms with Gasteiger partial charge in [-0.15, -0.1) is 0 Å². The third-order valence-corrected chi connectivity index (χ3v) is 3.13. The van der Waals surface area contributed by atoms with Crippen LogP contribution in [0.4, 0.5) is 5.69 Å². The molecule has 5 heteroatoms. The lowest BCUT2D eigenvalue weighted by molar-refractivity contribution is 0.0920. The summed E-state index contributed by atoms with van der Waals surface area (Å²) in [5, 5.41) is 2.98. The number of nitrogens with zero attached hydrogens (tertiary/aromatic N) is 2. The quantitative estimate of drug-likeness (QED) is 0.855. The summed E-state index contributed by atoms with van der Waals surface area (Å²) in [4.78, 5) is 20.6. The second-order valence-corrected chi connectivity index (χ2v) is 5.42. The third-order valence-electron chi connectivity index (χ3n) is 3.13. The lowest BCUT2D eigenvalue weighted by atomic mass is 10.0. The number of hydrogen-bond acceptors (Lipinski definition) is 4. The number of hydrogen-bond donors (Lipinski definition) is 2. The van der Waals surface area contributed by atoms with Crippen LogP contribution in [0.2, 0.25) is 0 Å². The van der Waals surface area contributed by atoms with Gasteiger partial charge in [0.2, 0.25) is 0 Å². The minimum absolute atomic E-state index is 0.129. The molecule has 106 valence electrons. The molecule has 5 nitrogen and oxygen atoms in total. The van der Waals surface area contributed by atoms with Gasteiger partial charge in [-0.1, -0.05) is 34.6 Å². The van der Waals surface area contributed by atoms with E-state index in [0.717, 1.165) is 6.42 Å². The number of rotatable bonds is 5. The first-order valence-corrected chi connectivity index (χ1v) is 6.80. The number of carbonyl (C=O) groups excluding carboxylic acids is 1. The van der Waals surface area contributed by atoms with Gasteiger partial charge in [0, 0.05) is 12.0 Å². The Labute approximate surface area is 115 Å². The maximum atomic E-state index is 12.2. The van der Waals surface area contributed by atoms with E-state index < -0.39 is 0 Å². The summed E-state index contributed by atoms with van der Waals surface area (Å²) in [6.07, 6.45) is 2.39. The van der Waals surface area contributed by atoms with Crippen molar-refractivity contribution < 1.29 is 4.79 Å². The van der Waals surface area contributed by atoms with Gasteiger partial charge in [-0.2, -0.15) is 0 Å². The molecule has 3 N–H and O–H groups in total. The van der Waals surface area contributed by atoms with E-state index in [-0.39, 0.29) is 23.6 Å². The summed E-state index contributed by atoms with van der Waals surface area (Å²) in [5.41, 5.74) is 6.39. The van der Waals surface area contributed by atoms with Crippen LogP contribution in [0, 0.1) is 5.92 Å². The van der Waals surface area contributed by atoms with Crippen molar-refractivity contribution in [3.63, 3.8) is 0 Å². The minimum atomic E-state index is -0.220. The highest BCUT2D eigenvalue weighted by Gasteiger charge is 2.19. The molecule has 0 aliphatic heterocycles. The average Bonchev–Trinajstić information content (AvgIpc) is 2.35. The van der Waals surface area contributed by atoms with Gasteiger partial charge >= 0.3 is 0 Å². The Morgan fingerprint density at radius 2 is 2.00 bits per heavy atom. The number of nitrogen functional groups attached to an aromatic ring is 1. The number of anilines is 1. The number of amides is 1. The summed E-state index contributed by atoms with van der Waals surface area (Å²) in [6, 6.07) is 0.129. The molecule has 1 rings (SSSR count). The maximum Gasteiger partial charge on any atom is 0.272 e. The smallest absolute Gasteiger partial charge is 0.272 e. The van der Waals surface area contributed by atoms with Crippen molar-refractivity contribution in [3.8, 4) is 0 Å². The van der Waals surface area contributed by atoms with E-state index in [1.165, 1.54) is 6.20 Å². The predicted molar refractivity (Wildman–Crippen MR) is 76.9 cm³/mol.